The lowest BCUT2D eigenvalue weighted by atomic mass is 9.92. The summed E-state index contributed by atoms with van der Waals surface area (Å²) in [5.41, 5.74) is 5.82. The highest BCUT2D eigenvalue weighted by molar-refractivity contribution is 6.30. The molecule has 1 amide bonds. The van der Waals surface area contributed by atoms with Crippen LogP contribution in [0.15, 0.2) is 83.5 Å². The summed E-state index contributed by atoms with van der Waals surface area (Å²) in [7, 11) is 0. The molecule has 260 valence electrons. The molecular formula is C33H43Cl2NO11. The second-order valence-electron chi connectivity index (χ2n) is 10.7. The first-order chi connectivity index (χ1) is 22.1. The predicted molar refractivity (Wildman–Crippen MR) is 176 cm³/mol. The van der Waals surface area contributed by atoms with Gasteiger partial charge in [0.25, 0.3) is 0 Å². The second-order valence-corrected chi connectivity index (χ2v) is 11.7. The van der Waals surface area contributed by atoms with E-state index in [-0.39, 0.29) is 11.5 Å². The maximum atomic E-state index is 12.6. The number of hydrogen-bond donors (Lipinski definition) is 6. The Hall–Kier alpha value is -3.52. The van der Waals surface area contributed by atoms with Crippen LogP contribution in [0.2, 0.25) is 0 Å². The van der Waals surface area contributed by atoms with Crippen molar-refractivity contribution >= 4 is 47.0 Å². The van der Waals surface area contributed by atoms with Gasteiger partial charge in [0.15, 0.2) is 5.78 Å². The Morgan fingerprint density at radius 1 is 1.04 bits per heavy atom. The van der Waals surface area contributed by atoms with Crippen molar-refractivity contribution < 1.29 is 54.2 Å². The molecule has 1 aliphatic carbocycles. The zero-order valence-corrected chi connectivity index (χ0v) is 27.8. The molecule has 0 saturated heterocycles. The Morgan fingerprint density at radius 3 is 2.30 bits per heavy atom. The minimum absolute atomic E-state index is 0.0284. The van der Waals surface area contributed by atoms with Crippen LogP contribution in [0.5, 0.6) is 0 Å². The number of allylic oxidation sites excluding steroid dienone is 9. The third kappa shape index (κ3) is 15.3. The minimum atomic E-state index is -1.89. The number of Topliss-reactive ketones (excluding diaryl/α,β-unsaturated/α-hetero) is 1. The van der Waals surface area contributed by atoms with E-state index >= 15 is 0 Å². The van der Waals surface area contributed by atoms with Crippen LogP contribution >= 0.6 is 23.2 Å². The van der Waals surface area contributed by atoms with Gasteiger partial charge in [-0.25, -0.2) is 9.59 Å². The van der Waals surface area contributed by atoms with Gasteiger partial charge in [-0.1, -0.05) is 85.7 Å². The number of carboxylic acid groups (broad SMARTS) is 1. The Kier molecular flexibility index (Phi) is 18.9. The molecule has 9 atom stereocenters. The van der Waals surface area contributed by atoms with Crippen molar-refractivity contribution in [3.8, 4) is 0 Å². The smallest absolute Gasteiger partial charge is 0.405 e. The van der Waals surface area contributed by atoms with Gasteiger partial charge in [0.05, 0.1) is 18.1 Å². The van der Waals surface area contributed by atoms with E-state index in [4.69, 9.17) is 43.5 Å². The Labute approximate surface area is 283 Å². The van der Waals surface area contributed by atoms with E-state index in [9.17, 15) is 39.6 Å². The summed E-state index contributed by atoms with van der Waals surface area (Å²) in [6, 6.07) is 0. The Morgan fingerprint density at radius 2 is 1.68 bits per heavy atom. The van der Waals surface area contributed by atoms with Gasteiger partial charge in [0.1, 0.15) is 29.8 Å². The van der Waals surface area contributed by atoms with Crippen LogP contribution in [0.3, 0.4) is 0 Å². The summed E-state index contributed by atoms with van der Waals surface area (Å²) in [4.78, 5) is 46.9. The van der Waals surface area contributed by atoms with Crippen molar-refractivity contribution in [3.63, 3.8) is 0 Å². The quantitative estimate of drug-likeness (QED) is 0.0401. The number of nitrogens with two attached hydrogens (primary N) is 1. The molecule has 12 nitrogen and oxygen atoms in total. The number of halogens is 2. The van der Waals surface area contributed by atoms with E-state index in [0.717, 1.165) is 11.6 Å². The molecule has 9 unspecified atom stereocenters. The number of aliphatic hydroxyl groups excluding tert-OH is 4. The maximum Gasteiger partial charge on any atom is 0.405 e. The fraction of sp³-hybridized carbons (Fsp3) is 0.455. The summed E-state index contributed by atoms with van der Waals surface area (Å²) in [6.45, 7) is 5.10. The monoisotopic (exact) mass is 699 g/mol. The van der Waals surface area contributed by atoms with Crippen LogP contribution in [0.1, 0.15) is 40.0 Å². The summed E-state index contributed by atoms with van der Waals surface area (Å²) < 4.78 is 10.0. The van der Waals surface area contributed by atoms with Crippen LogP contribution in [0, 0.1) is 11.8 Å². The van der Waals surface area contributed by atoms with E-state index in [1.165, 1.54) is 37.3 Å². The van der Waals surface area contributed by atoms with Gasteiger partial charge in [-0.15, -0.1) is 11.6 Å². The first-order valence-electron chi connectivity index (χ1n) is 14.8. The number of primary amides is 1. The van der Waals surface area contributed by atoms with Crippen molar-refractivity contribution in [1.29, 1.82) is 0 Å². The number of carbonyl (C=O) groups excluding carboxylic acids is 3. The molecule has 1 rings (SSSR count). The fourth-order valence-electron chi connectivity index (χ4n) is 4.13. The molecule has 0 heterocycles. The van der Waals surface area contributed by atoms with Crippen molar-refractivity contribution in [2.24, 2.45) is 17.6 Å². The number of esters is 1. The van der Waals surface area contributed by atoms with Crippen LogP contribution in [-0.2, 0) is 23.9 Å². The fourth-order valence-corrected chi connectivity index (χ4v) is 4.56. The van der Waals surface area contributed by atoms with Gasteiger partial charge in [-0.05, 0) is 25.5 Å². The Bertz CT molecular complexity index is 1290. The molecule has 0 aromatic carbocycles. The van der Waals surface area contributed by atoms with Crippen molar-refractivity contribution in [3.05, 3.63) is 83.5 Å². The predicted octanol–water partition coefficient (Wildman–Crippen LogP) is 3.37. The maximum absolute atomic E-state index is 12.6. The first kappa shape index (κ1) is 41.5. The highest BCUT2D eigenvalue weighted by Crippen LogP contribution is 2.24. The molecule has 14 heteroatoms. The molecule has 0 spiro atoms. The molecule has 0 aliphatic heterocycles. The van der Waals surface area contributed by atoms with Gasteiger partial charge in [-0.3, -0.25) is 9.59 Å². The number of carboxylic acids is 1. The van der Waals surface area contributed by atoms with E-state index in [1.807, 2.05) is 6.92 Å². The molecular weight excluding hydrogens is 657 g/mol. The third-order valence-electron chi connectivity index (χ3n) is 6.93. The van der Waals surface area contributed by atoms with E-state index in [1.54, 1.807) is 43.4 Å². The summed E-state index contributed by atoms with van der Waals surface area (Å²) >= 11 is 12.5. The average Bonchev–Trinajstić information content (AvgIpc) is 3.02. The average molecular weight is 701 g/mol. The lowest BCUT2D eigenvalue weighted by Crippen LogP contribution is -2.43. The van der Waals surface area contributed by atoms with Gasteiger partial charge in [0.2, 0.25) is 0 Å². The molecule has 0 aromatic rings. The van der Waals surface area contributed by atoms with Gasteiger partial charge in [0, 0.05) is 29.9 Å². The number of rotatable bonds is 18. The third-order valence-corrected chi connectivity index (χ3v) is 7.94. The summed E-state index contributed by atoms with van der Waals surface area (Å²) in [6.07, 6.45) is 8.57. The lowest BCUT2D eigenvalue weighted by molar-refractivity contribution is -0.152. The van der Waals surface area contributed by atoms with Crippen LogP contribution in [0.25, 0.3) is 0 Å². The zero-order valence-electron chi connectivity index (χ0n) is 26.3. The van der Waals surface area contributed by atoms with Crippen molar-refractivity contribution in [2.75, 3.05) is 0 Å². The lowest BCUT2D eigenvalue weighted by Gasteiger charge is -2.26. The SMILES string of the molecule is CC/C=C/C(OC(N)=O)C(Cl)C(O)CC(=O)C(O)C(O)C(C)/C(Cl)=C/C=C/C=C(C)/C=C/C=C/C(=O)OC1CC(C(=O)O)C=CC1O. The number of alkyl halides is 1. The van der Waals surface area contributed by atoms with Gasteiger partial charge >= 0.3 is 18.0 Å². The highest BCUT2D eigenvalue weighted by Gasteiger charge is 2.35. The Balaban J connectivity index is 2.66. The molecule has 0 radical (unpaired) electrons. The van der Waals surface area contributed by atoms with Crippen molar-refractivity contribution in [1.82, 2.24) is 0 Å². The molecule has 0 saturated carbocycles. The normalized spacial score (nSPS) is 23.1. The van der Waals surface area contributed by atoms with Crippen LogP contribution < -0.4 is 5.73 Å². The standard InChI is InChI=1S/C33H43Cl2NO11/c1-4-5-13-26(47-33(36)45)29(35)24(38)18-25(39)31(42)30(41)20(3)22(34)12-8-6-10-19(2)11-7-9-14-28(40)46-27-17-21(32(43)44)15-16-23(27)37/h5-16,20-21,23-24,26-27,29-31,37-38,41-42H,4,17-18H2,1-3H3,(H2,36,45)(H,43,44)/b8-6+,11-7+,13-5+,14-9+,19-10+,22-12-. The second kappa shape index (κ2) is 21.4. The first-order valence-corrected chi connectivity index (χ1v) is 15.6. The zero-order chi connectivity index (χ0) is 35.7. The highest BCUT2D eigenvalue weighted by atomic mass is 35.5. The van der Waals surface area contributed by atoms with E-state index in [0.29, 0.717) is 6.42 Å². The molecule has 1 aliphatic rings. The van der Waals surface area contributed by atoms with E-state index < -0.39 is 84.1 Å². The van der Waals surface area contributed by atoms with Gasteiger partial charge < -0.3 is 40.7 Å². The number of ether oxygens (including phenoxy) is 2. The number of ketones is 1. The molecule has 0 fully saturated rings. The summed E-state index contributed by atoms with van der Waals surface area (Å²) in [5, 5.41) is 49.2. The molecule has 0 bridgehead atoms. The molecule has 47 heavy (non-hydrogen) atoms. The van der Waals surface area contributed by atoms with Crippen LogP contribution in [0.4, 0.5) is 4.79 Å². The van der Waals surface area contributed by atoms with Crippen molar-refractivity contribution in [2.45, 2.75) is 82.0 Å². The number of aliphatic hydroxyl groups is 4. The number of aliphatic carboxylic acids is 1. The minimum Gasteiger partial charge on any atom is -0.481 e. The van der Waals surface area contributed by atoms with E-state index in [2.05, 4.69) is 0 Å². The number of carbonyl (C=O) groups is 4. The number of hydrogen-bond acceptors (Lipinski definition) is 10. The topological polar surface area (TPSA) is 214 Å². The van der Waals surface area contributed by atoms with Gasteiger partial charge in [-0.2, -0.15) is 0 Å². The summed E-state index contributed by atoms with van der Waals surface area (Å²) in [5.74, 6) is -4.41. The van der Waals surface area contributed by atoms with Crippen LogP contribution in [-0.4, -0.2) is 91.3 Å². The molecule has 0 aromatic heterocycles. The number of amides is 1. The molecule has 7 N–H and O–H groups in total. The largest absolute Gasteiger partial charge is 0.481 e.